The zero-order valence-corrected chi connectivity index (χ0v) is 15.1. The van der Waals surface area contributed by atoms with E-state index in [-0.39, 0.29) is 6.54 Å². The van der Waals surface area contributed by atoms with Gasteiger partial charge in [-0.1, -0.05) is 12.1 Å². The molecule has 2 aromatic carbocycles. The quantitative estimate of drug-likeness (QED) is 0.475. The lowest BCUT2D eigenvalue weighted by Gasteiger charge is -2.07. The van der Waals surface area contributed by atoms with Crippen LogP contribution in [0.5, 0.6) is 0 Å². The van der Waals surface area contributed by atoms with Gasteiger partial charge in [-0.05, 0) is 59.0 Å². The molecule has 0 aliphatic heterocycles. The molecule has 1 heterocycles. The first-order valence-electron chi connectivity index (χ1n) is 7.32. The number of esters is 1. The van der Waals surface area contributed by atoms with Crippen molar-refractivity contribution >= 4 is 51.3 Å². The number of carbonyl (C=O) groups is 2. The largest absolute Gasteiger partial charge is 0.454 e. The predicted octanol–water partition coefficient (Wildman–Crippen LogP) is 2.38. The number of aromatic nitrogens is 1. The molecule has 1 amide bonds. The molecule has 0 aliphatic rings. The van der Waals surface area contributed by atoms with Gasteiger partial charge in [0.05, 0.1) is 5.52 Å². The molecule has 0 atom stereocenters. The summed E-state index contributed by atoms with van der Waals surface area (Å²) in [6.07, 6.45) is 0. The van der Waals surface area contributed by atoms with Crippen molar-refractivity contribution < 1.29 is 18.7 Å². The summed E-state index contributed by atoms with van der Waals surface area (Å²) in [5.41, 5.74) is 1.49. The topological polar surface area (TPSA) is 90.5 Å². The van der Waals surface area contributed by atoms with E-state index in [0.29, 0.717) is 16.8 Å². The normalized spacial score (nSPS) is 10.6. The van der Waals surface area contributed by atoms with Gasteiger partial charge in [-0.15, -0.1) is 0 Å². The maximum absolute atomic E-state index is 11.9. The Bertz CT molecular complexity index is 975. The highest BCUT2D eigenvalue weighted by atomic mass is 127. The lowest BCUT2D eigenvalue weighted by Crippen LogP contribution is -2.25. The van der Waals surface area contributed by atoms with E-state index in [2.05, 4.69) is 27.9 Å². The van der Waals surface area contributed by atoms with E-state index in [9.17, 15) is 14.4 Å². The number of amides is 1. The average molecular weight is 452 g/mol. The molecule has 3 rings (SSSR count). The zero-order valence-electron chi connectivity index (χ0n) is 12.9. The van der Waals surface area contributed by atoms with Crippen LogP contribution in [0, 0.1) is 3.57 Å². The number of fused-ring (bicyclic) bond motifs is 1. The van der Waals surface area contributed by atoms with Gasteiger partial charge in [0.15, 0.2) is 12.2 Å². The number of hydrogen-bond acceptors (Lipinski definition) is 5. The van der Waals surface area contributed by atoms with Crippen molar-refractivity contribution in [3.05, 3.63) is 62.7 Å². The maximum atomic E-state index is 11.9. The van der Waals surface area contributed by atoms with Gasteiger partial charge in [0, 0.05) is 9.26 Å². The molecule has 0 spiro atoms. The molecule has 3 aromatic rings. The lowest BCUT2D eigenvalue weighted by atomic mass is 10.3. The summed E-state index contributed by atoms with van der Waals surface area (Å²) in [7, 11) is 0. The Kier molecular flexibility index (Phi) is 5.17. The van der Waals surface area contributed by atoms with E-state index in [1.807, 2.05) is 12.1 Å². The van der Waals surface area contributed by atoms with Crippen LogP contribution in [-0.2, 0) is 20.9 Å². The van der Waals surface area contributed by atoms with E-state index in [0.717, 1.165) is 8.14 Å². The Labute approximate surface area is 155 Å². The Balaban J connectivity index is 1.57. The summed E-state index contributed by atoms with van der Waals surface area (Å²) in [6, 6.07) is 13.9. The SMILES string of the molecule is O=C(COC(=O)Cn1c(=O)oc2ccccc21)Nc1ccc(I)cc1. The fourth-order valence-electron chi connectivity index (χ4n) is 2.21. The highest BCUT2D eigenvalue weighted by Crippen LogP contribution is 2.12. The van der Waals surface area contributed by atoms with Gasteiger partial charge in [-0.2, -0.15) is 0 Å². The monoisotopic (exact) mass is 452 g/mol. The fourth-order valence-corrected chi connectivity index (χ4v) is 2.57. The number of nitrogens with zero attached hydrogens (tertiary/aromatic N) is 1. The first-order chi connectivity index (χ1) is 12.0. The van der Waals surface area contributed by atoms with Crippen LogP contribution in [0.1, 0.15) is 0 Å². The standard InChI is InChI=1S/C17H13IN2O5/c18-11-5-7-12(8-6-11)19-15(21)10-24-16(22)9-20-13-3-1-2-4-14(13)25-17(20)23/h1-8H,9-10H2,(H,19,21). The van der Waals surface area contributed by atoms with Gasteiger partial charge in [-0.3, -0.25) is 14.2 Å². The number of carbonyl (C=O) groups excluding carboxylic acids is 2. The number of benzene rings is 2. The molecular formula is C17H13IN2O5. The van der Waals surface area contributed by atoms with Gasteiger partial charge in [0.2, 0.25) is 0 Å². The molecule has 128 valence electrons. The maximum Gasteiger partial charge on any atom is 0.420 e. The molecule has 0 unspecified atom stereocenters. The first kappa shape index (κ1) is 17.2. The lowest BCUT2D eigenvalue weighted by molar-refractivity contribution is -0.147. The molecule has 8 heteroatoms. The number of hydrogen-bond donors (Lipinski definition) is 1. The number of rotatable bonds is 5. The minimum absolute atomic E-state index is 0.327. The van der Waals surface area contributed by atoms with E-state index in [4.69, 9.17) is 9.15 Å². The molecule has 0 bridgehead atoms. The van der Waals surface area contributed by atoms with Gasteiger partial charge in [0.1, 0.15) is 6.54 Å². The van der Waals surface area contributed by atoms with Crippen LogP contribution in [0.4, 0.5) is 5.69 Å². The molecule has 0 radical (unpaired) electrons. The van der Waals surface area contributed by atoms with Gasteiger partial charge >= 0.3 is 11.7 Å². The summed E-state index contributed by atoms with van der Waals surface area (Å²) < 4.78 is 12.2. The van der Waals surface area contributed by atoms with Crippen LogP contribution in [0.2, 0.25) is 0 Å². The molecule has 0 aliphatic carbocycles. The molecular weight excluding hydrogens is 439 g/mol. The van der Waals surface area contributed by atoms with Crippen molar-refractivity contribution in [2.45, 2.75) is 6.54 Å². The van der Waals surface area contributed by atoms with Crippen LogP contribution >= 0.6 is 22.6 Å². The van der Waals surface area contributed by atoms with Crippen molar-refractivity contribution in [1.29, 1.82) is 0 Å². The second kappa shape index (κ2) is 7.51. The number of nitrogens with one attached hydrogen (secondary N) is 1. The number of oxazole rings is 1. The Morgan fingerprint density at radius 3 is 2.60 bits per heavy atom. The van der Waals surface area contributed by atoms with Gasteiger partial charge in [-0.25, -0.2) is 4.79 Å². The van der Waals surface area contributed by atoms with E-state index >= 15 is 0 Å². The van der Waals surface area contributed by atoms with Crippen LogP contribution in [0.3, 0.4) is 0 Å². The highest BCUT2D eigenvalue weighted by Gasteiger charge is 2.14. The molecule has 7 nitrogen and oxygen atoms in total. The summed E-state index contributed by atoms with van der Waals surface area (Å²) >= 11 is 2.16. The second-order valence-corrected chi connectivity index (χ2v) is 6.38. The van der Waals surface area contributed by atoms with E-state index in [1.165, 1.54) is 0 Å². The molecule has 1 aromatic heterocycles. The van der Waals surface area contributed by atoms with Gasteiger partial charge < -0.3 is 14.5 Å². The summed E-state index contributed by atoms with van der Waals surface area (Å²) in [6.45, 7) is -0.762. The van der Waals surface area contributed by atoms with Crippen LogP contribution in [0.25, 0.3) is 11.1 Å². The smallest absolute Gasteiger partial charge is 0.420 e. The van der Waals surface area contributed by atoms with Crippen LogP contribution in [0.15, 0.2) is 57.7 Å². The fraction of sp³-hybridized carbons (Fsp3) is 0.118. The number of ether oxygens (including phenoxy) is 1. The molecule has 25 heavy (non-hydrogen) atoms. The third-order valence-corrected chi connectivity index (χ3v) is 4.07. The second-order valence-electron chi connectivity index (χ2n) is 5.14. The van der Waals surface area contributed by atoms with Crippen molar-refractivity contribution in [1.82, 2.24) is 4.57 Å². The van der Waals surface area contributed by atoms with Crippen LogP contribution in [-0.4, -0.2) is 23.1 Å². The zero-order chi connectivity index (χ0) is 17.8. The Morgan fingerprint density at radius 2 is 1.84 bits per heavy atom. The van der Waals surface area contributed by atoms with E-state index in [1.54, 1.807) is 36.4 Å². The third kappa shape index (κ3) is 4.27. The predicted molar refractivity (Wildman–Crippen MR) is 99.2 cm³/mol. The first-order valence-corrected chi connectivity index (χ1v) is 8.40. The minimum atomic E-state index is -0.702. The van der Waals surface area contributed by atoms with Gasteiger partial charge in [0.25, 0.3) is 5.91 Å². The minimum Gasteiger partial charge on any atom is -0.454 e. The van der Waals surface area contributed by atoms with Crippen molar-refractivity contribution in [2.24, 2.45) is 0 Å². The van der Waals surface area contributed by atoms with Crippen LogP contribution < -0.4 is 11.1 Å². The number of para-hydroxylation sites is 2. The summed E-state index contributed by atoms with van der Waals surface area (Å²) in [5.74, 6) is -1.81. The molecule has 1 N–H and O–H groups in total. The number of anilines is 1. The molecule has 0 fully saturated rings. The van der Waals surface area contributed by atoms with E-state index < -0.39 is 24.2 Å². The Morgan fingerprint density at radius 1 is 1.12 bits per heavy atom. The number of halogens is 1. The van der Waals surface area contributed by atoms with Crippen molar-refractivity contribution in [3.63, 3.8) is 0 Å². The van der Waals surface area contributed by atoms with Crippen molar-refractivity contribution in [3.8, 4) is 0 Å². The Hall–Kier alpha value is -2.62. The highest BCUT2D eigenvalue weighted by molar-refractivity contribution is 14.1. The van der Waals surface area contributed by atoms with Crippen molar-refractivity contribution in [2.75, 3.05) is 11.9 Å². The average Bonchev–Trinajstić information content (AvgIpc) is 2.91. The molecule has 0 saturated heterocycles. The molecule has 0 saturated carbocycles. The third-order valence-electron chi connectivity index (χ3n) is 3.35. The summed E-state index contributed by atoms with van der Waals surface area (Å²) in [4.78, 5) is 35.5. The summed E-state index contributed by atoms with van der Waals surface area (Å²) in [5, 5.41) is 2.62.